The predicted octanol–water partition coefficient (Wildman–Crippen LogP) is 3.82. The van der Waals surface area contributed by atoms with Gasteiger partial charge in [0, 0.05) is 24.0 Å². The van der Waals surface area contributed by atoms with Crippen LogP contribution in [0.4, 0.5) is 11.4 Å². The smallest absolute Gasteiger partial charge is 0.0782 e. The van der Waals surface area contributed by atoms with Gasteiger partial charge >= 0.3 is 0 Å². The molecule has 0 heterocycles. The van der Waals surface area contributed by atoms with E-state index < -0.39 is 6.10 Å². The van der Waals surface area contributed by atoms with Gasteiger partial charge in [0.15, 0.2) is 0 Å². The number of aliphatic hydroxyl groups is 1. The number of rotatable bonds is 3. The Hall–Kier alpha value is -1.80. The van der Waals surface area contributed by atoms with Gasteiger partial charge < -0.3 is 10.0 Å². The molecule has 0 fully saturated rings. The molecule has 2 rings (SSSR count). The van der Waals surface area contributed by atoms with Crippen molar-refractivity contribution in [2.24, 2.45) is 0 Å². The molecule has 2 heteroatoms. The van der Waals surface area contributed by atoms with E-state index in [4.69, 9.17) is 0 Å². The highest BCUT2D eigenvalue weighted by Crippen LogP contribution is 2.30. The van der Waals surface area contributed by atoms with Gasteiger partial charge in [-0.3, -0.25) is 0 Å². The van der Waals surface area contributed by atoms with Crippen molar-refractivity contribution in [2.45, 2.75) is 20.0 Å². The number of aliphatic hydroxyl groups excluding tert-OH is 1. The number of hydrogen-bond acceptors (Lipinski definition) is 2. The van der Waals surface area contributed by atoms with E-state index in [1.165, 1.54) is 5.56 Å². The molecule has 0 unspecified atom stereocenters. The van der Waals surface area contributed by atoms with E-state index in [0.29, 0.717) is 0 Å². The standard InChI is InChI=1S/C16H19NO/c1-12-8-10-14(11-9-12)17(3)16-7-5-4-6-15(16)13(2)18/h4-11,13,18H,1-3H3/t13-/m0/s1. The highest BCUT2D eigenvalue weighted by molar-refractivity contribution is 5.66. The highest BCUT2D eigenvalue weighted by atomic mass is 16.3. The number of hydrogen-bond donors (Lipinski definition) is 1. The minimum atomic E-state index is -0.464. The Kier molecular flexibility index (Phi) is 3.68. The van der Waals surface area contributed by atoms with Crippen molar-refractivity contribution < 1.29 is 5.11 Å². The Bertz CT molecular complexity index is 517. The van der Waals surface area contributed by atoms with Gasteiger partial charge in [-0.1, -0.05) is 35.9 Å². The average Bonchev–Trinajstić information content (AvgIpc) is 2.39. The topological polar surface area (TPSA) is 23.5 Å². The van der Waals surface area contributed by atoms with Gasteiger partial charge in [-0.15, -0.1) is 0 Å². The van der Waals surface area contributed by atoms with Crippen LogP contribution >= 0.6 is 0 Å². The molecule has 0 aromatic heterocycles. The minimum absolute atomic E-state index is 0.464. The van der Waals surface area contributed by atoms with E-state index in [0.717, 1.165) is 16.9 Å². The zero-order valence-electron chi connectivity index (χ0n) is 11.1. The van der Waals surface area contributed by atoms with Crippen LogP contribution in [0.3, 0.4) is 0 Å². The predicted molar refractivity (Wildman–Crippen MR) is 76.3 cm³/mol. The molecule has 0 saturated carbocycles. The average molecular weight is 241 g/mol. The van der Waals surface area contributed by atoms with Gasteiger partial charge in [0.2, 0.25) is 0 Å². The van der Waals surface area contributed by atoms with Gasteiger partial charge in [-0.2, -0.15) is 0 Å². The summed E-state index contributed by atoms with van der Waals surface area (Å²) in [5.41, 5.74) is 4.35. The van der Waals surface area contributed by atoms with Crippen molar-refractivity contribution in [3.63, 3.8) is 0 Å². The molecule has 1 atom stereocenters. The lowest BCUT2D eigenvalue weighted by Gasteiger charge is -2.23. The lowest BCUT2D eigenvalue weighted by atomic mass is 10.1. The van der Waals surface area contributed by atoms with Crippen LogP contribution in [0.1, 0.15) is 24.2 Å². The van der Waals surface area contributed by atoms with Crippen molar-refractivity contribution in [3.05, 3.63) is 59.7 Å². The molecule has 0 amide bonds. The molecule has 1 N–H and O–H groups in total. The fraction of sp³-hybridized carbons (Fsp3) is 0.250. The quantitative estimate of drug-likeness (QED) is 0.883. The molecule has 0 bridgehead atoms. The Labute approximate surface area is 109 Å². The summed E-state index contributed by atoms with van der Waals surface area (Å²) in [4.78, 5) is 2.10. The van der Waals surface area contributed by atoms with Crippen LogP contribution in [-0.4, -0.2) is 12.2 Å². The van der Waals surface area contributed by atoms with Crippen LogP contribution in [0.15, 0.2) is 48.5 Å². The maximum Gasteiger partial charge on any atom is 0.0782 e. The van der Waals surface area contributed by atoms with Crippen molar-refractivity contribution in [3.8, 4) is 0 Å². The first-order valence-electron chi connectivity index (χ1n) is 6.17. The zero-order chi connectivity index (χ0) is 13.1. The first-order chi connectivity index (χ1) is 8.59. The summed E-state index contributed by atoms with van der Waals surface area (Å²) in [6, 6.07) is 16.3. The summed E-state index contributed by atoms with van der Waals surface area (Å²) in [5, 5.41) is 9.82. The molecular weight excluding hydrogens is 222 g/mol. The molecular formula is C16H19NO. The normalized spacial score (nSPS) is 12.2. The molecule has 0 aliphatic rings. The first-order valence-corrected chi connectivity index (χ1v) is 6.17. The molecule has 0 aliphatic heterocycles. The number of nitrogens with zero attached hydrogens (tertiary/aromatic N) is 1. The molecule has 94 valence electrons. The molecule has 18 heavy (non-hydrogen) atoms. The lowest BCUT2D eigenvalue weighted by molar-refractivity contribution is 0.200. The summed E-state index contributed by atoms with van der Waals surface area (Å²) in [6.45, 7) is 3.87. The summed E-state index contributed by atoms with van der Waals surface area (Å²) < 4.78 is 0. The molecule has 0 radical (unpaired) electrons. The Morgan fingerprint density at radius 1 is 1.00 bits per heavy atom. The van der Waals surface area contributed by atoms with Crippen LogP contribution in [-0.2, 0) is 0 Å². The second kappa shape index (κ2) is 5.23. The van der Waals surface area contributed by atoms with E-state index in [9.17, 15) is 5.11 Å². The third-order valence-corrected chi connectivity index (χ3v) is 3.17. The van der Waals surface area contributed by atoms with Crippen molar-refractivity contribution in [2.75, 3.05) is 11.9 Å². The number of benzene rings is 2. The Morgan fingerprint density at radius 3 is 2.22 bits per heavy atom. The van der Waals surface area contributed by atoms with Gasteiger partial charge in [-0.25, -0.2) is 0 Å². The fourth-order valence-electron chi connectivity index (χ4n) is 2.05. The van der Waals surface area contributed by atoms with E-state index in [1.807, 2.05) is 31.3 Å². The third-order valence-electron chi connectivity index (χ3n) is 3.17. The molecule has 2 aromatic rings. The SMILES string of the molecule is Cc1ccc(N(C)c2ccccc2[C@H](C)O)cc1. The molecule has 2 aromatic carbocycles. The Balaban J connectivity index is 2.39. The van der Waals surface area contributed by atoms with Crippen LogP contribution in [0, 0.1) is 6.92 Å². The summed E-state index contributed by atoms with van der Waals surface area (Å²) in [7, 11) is 2.02. The van der Waals surface area contributed by atoms with Crippen molar-refractivity contribution >= 4 is 11.4 Å². The Morgan fingerprint density at radius 2 is 1.61 bits per heavy atom. The van der Waals surface area contributed by atoms with E-state index in [1.54, 1.807) is 6.92 Å². The second-order valence-electron chi connectivity index (χ2n) is 4.63. The van der Waals surface area contributed by atoms with Gasteiger partial charge in [0.05, 0.1) is 6.10 Å². The second-order valence-corrected chi connectivity index (χ2v) is 4.63. The third kappa shape index (κ3) is 2.54. The first kappa shape index (κ1) is 12.7. The van der Waals surface area contributed by atoms with Crippen LogP contribution in [0.25, 0.3) is 0 Å². The summed E-state index contributed by atoms with van der Waals surface area (Å²) >= 11 is 0. The van der Waals surface area contributed by atoms with Crippen LogP contribution < -0.4 is 4.90 Å². The van der Waals surface area contributed by atoms with E-state index in [-0.39, 0.29) is 0 Å². The zero-order valence-corrected chi connectivity index (χ0v) is 11.1. The minimum Gasteiger partial charge on any atom is -0.389 e. The van der Waals surface area contributed by atoms with Gasteiger partial charge in [0.25, 0.3) is 0 Å². The van der Waals surface area contributed by atoms with Gasteiger partial charge in [0.1, 0.15) is 0 Å². The lowest BCUT2D eigenvalue weighted by Crippen LogP contribution is -2.12. The molecule has 0 saturated heterocycles. The summed E-state index contributed by atoms with van der Waals surface area (Å²) in [6.07, 6.45) is -0.464. The number of aryl methyl sites for hydroxylation is 1. The molecule has 2 nitrogen and oxygen atoms in total. The maximum absolute atomic E-state index is 9.82. The molecule has 0 spiro atoms. The monoisotopic (exact) mass is 241 g/mol. The van der Waals surface area contributed by atoms with Crippen LogP contribution in [0.2, 0.25) is 0 Å². The molecule has 0 aliphatic carbocycles. The largest absolute Gasteiger partial charge is 0.389 e. The summed E-state index contributed by atoms with van der Waals surface area (Å²) in [5.74, 6) is 0. The van der Waals surface area contributed by atoms with Crippen molar-refractivity contribution in [1.82, 2.24) is 0 Å². The van der Waals surface area contributed by atoms with Crippen molar-refractivity contribution in [1.29, 1.82) is 0 Å². The number of anilines is 2. The fourth-order valence-corrected chi connectivity index (χ4v) is 2.05. The van der Waals surface area contributed by atoms with E-state index >= 15 is 0 Å². The number of para-hydroxylation sites is 1. The van der Waals surface area contributed by atoms with Gasteiger partial charge in [-0.05, 0) is 32.0 Å². The maximum atomic E-state index is 9.82. The highest BCUT2D eigenvalue weighted by Gasteiger charge is 2.11. The van der Waals surface area contributed by atoms with Crippen LogP contribution in [0.5, 0.6) is 0 Å². The van der Waals surface area contributed by atoms with E-state index in [2.05, 4.69) is 36.1 Å².